The average Bonchev–Trinajstić information content (AvgIpc) is 3.10. The van der Waals surface area contributed by atoms with Crippen LogP contribution in [0.25, 0.3) is 0 Å². The van der Waals surface area contributed by atoms with Crippen molar-refractivity contribution in [1.82, 2.24) is 15.5 Å². The van der Waals surface area contributed by atoms with E-state index in [1.54, 1.807) is 0 Å². The lowest BCUT2D eigenvalue weighted by molar-refractivity contribution is 0.00768. The molecule has 2 aliphatic rings. The molecule has 2 fully saturated rings. The molecule has 1 unspecified atom stereocenters. The number of nitrogens with one attached hydrogen (secondary N) is 1. The van der Waals surface area contributed by atoms with Crippen molar-refractivity contribution in [2.75, 3.05) is 13.2 Å². The van der Waals surface area contributed by atoms with E-state index >= 15 is 0 Å². The van der Waals surface area contributed by atoms with E-state index in [1.807, 2.05) is 0 Å². The van der Waals surface area contributed by atoms with Gasteiger partial charge in [0, 0.05) is 18.6 Å². The van der Waals surface area contributed by atoms with E-state index in [4.69, 9.17) is 9.26 Å². The van der Waals surface area contributed by atoms with Crippen LogP contribution in [-0.2, 0) is 10.3 Å². The Hall–Kier alpha value is -0.940. The Kier molecular flexibility index (Phi) is 4.08. The summed E-state index contributed by atoms with van der Waals surface area (Å²) in [5.74, 6) is 1.97. The van der Waals surface area contributed by atoms with E-state index in [-0.39, 0.29) is 5.60 Å². The summed E-state index contributed by atoms with van der Waals surface area (Å²) < 4.78 is 11.3. The van der Waals surface area contributed by atoms with Crippen LogP contribution in [-0.4, -0.2) is 29.3 Å². The maximum Gasteiger partial charge on any atom is 0.229 e. The topological polar surface area (TPSA) is 60.2 Å². The lowest BCUT2D eigenvalue weighted by Crippen LogP contribution is -2.32. The van der Waals surface area contributed by atoms with Gasteiger partial charge in [0.25, 0.3) is 0 Å². The average molecular weight is 279 g/mol. The van der Waals surface area contributed by atoms with Crippen LogP contribution in [0.4, 0.5) is 0 Å². The third-order valence-electron chi connectivity index (χ3n) is 4.70. The molecule has 0 aromatic carbocycles. The molecule has 1 aromatic heterocycles. The highest BCUT2D eigenvalue weighted by atomic mass is 16.5. The molecule has 1 aromatic rings. The summed E-state index contributed by atoms with van der Waals surface area (Å²) in [6.45, 7) is 6.08. The second-order valence-corrected chi connectivity index (χ2v) is 6.25. The van der Waals surface area contributed by atoms with Gasteiger partial charge >= 0.3 is 0 Å². The fraction of sp³-hybridized carbons (Fsp3) is 0.867. The second-order valence-electron chi connectivity index (χ2n) is 6.25. The second kappa shape index (κ2) is 5.82. The molecule has 1 N–H and O–H groups in total. The number of hydrogen-bond acceptors (Lipinski definition) is 5. The number of hydrogen-bond donors (Lipinski definition) is 1. The summed E-state index contributed by atoms with van der Waals surface area (Å²) in [7, 11) is 0. The van der Waals surface area contributed by atoms with E-state index in [0.29, 0.717) is 12.0 Å². The largest absolute Gasteiger partial charge is 0.367 e. The Morgan fingerprint density at radius 3 is 2.75 bits per heavy atom. The van der Waals surface area contributed by atoms with Gasteiger partial charge in [-0.2, -0.15) is 4.98 Å². The number of rotatable bonds is 4. The molecular weight excluding hydrogens is 254 g/mol. The van der Waals surface area contributed by atoms with Crippen LogP contribution >= 0.6 is 0 Å². The first-order valence-electron chi connectivity index (χ1n) is 7.92. The molecule has 1 atom stereocenters. The third-order valence-corrected chi connectivity index (χ3v) is 4.70. The van der Waals surface area contributed by atoms with Crippen LogP contribution in [0, 0.1) is 0 Å². The van der Waals surface area contributed by atoms with Crippen molar-refractivity contribution in [3.05, 3.63) is 11.7 Å². The van der Waals surface area contributed by atoms with E-state index in [2.05, 4.69) is 29.3 Å². The standard InChI is InChI=1S/C15H25N3O2/c1-3-16-12-7-5-11(6-8-12)13-17-14(18-20-13)15(2)9-4-10-19-15/h11-12,16H,3-10H2,1-2H3. The van der Waals surface area contributed by atoms with Crippen molar-refractivity contribution in [1.29, 1.82) is 0 Å². The molecule has 0 spiro atoms. The fourth-order valence-electron chi connectivity index (χ4n) is 3.40. The molecule has 1 aliphatic carbocycles. The smallest absolute Gasteiger partial charge is 0.229 e. The van der Waals surface area contributed by atoms with Crippen molar-refractivity contribution in [3.8, 4) is 0 Å². The van der Waals surface area contributed by atoms with Gasteiger partial charge in [0.05, 0.1) is 0 Å². The minimum absolute atomic E-state index is 0.331. The van der Waals surface area contributed by atoms with Gasteiger partial charge in [0.2, 0.25) is 11.7 Å². The highest BCUT2D eigenvalue weighted by Crippen LogP contribution is 2.36. The monoisotopic (exact) mass is 279 g/mol. The van der Waals surface area contributed by atoms with Gasteiger partial charge in [0.1, 0.15) is 5.60 Å². The maximum atomic E-state index is 5.78. The van der Waals surface area contributed by atoms with Gasteiger partial charge in [-0.25, -0.2) is 0 Å². The molecule has 0 amide bonds. The normalized spacial score (nSPS) is 34.5. The van der Waals surface area contributed by atoms with Gasteiger partial charge in [-0.15, -0.1) is 0 Å². The molecule has 5 heteroatoms. The van der Waals surface area contributed by atoms with Crippen LogP contribution in [0.15, 0.2) is 4.52 Å². The molecule has 1 aliphatic heterocycles. The van der Waals surface area contributed by atoms with Crippen LogP contribution in [0.2, 0.25) is 0 Å². The Balaban J connectivity index is 1.63. The molecular formula is C15H25N3O2. The van der Waals surface area contributed by atoms with Gasteiger partial charge in [-0.1, -0.05) is 12.1 Å². The minimum Gasteiger partial charge on any atom is -0.367 e. The zero-order valence-corrected chi connectivity index (χ0v) is 12.5. The summed E-state index contributed by atoms with van der Waals surface area (Å²) >= 11 is 0. The summed E-state index contributed by atoms with van der Waals surface area (Å²) in [5.41, 5.74) is -0.331. The summed E-state index contributed by atoms with van der Waals surface area (Å²) in [6.07, 6.45) is 6.73. The van der Waals surface area contributed by atoms with Gasteiger partial charge in [-0.05, 0) is 52.0 Å². The lowest BCUT2D eigenvalue weighted by atomic mass is 9.86. The van der Waals surface area contributed by atoms with Crippen LogP contribution in [0.3, 0.4) is 0 Å². The maximum absolute atomic E-state index is 5.78. The summed E-state index contributed by atoms with van der Waals surface area (Å²) in [6, 6.07) is 0.661. The zero-order chi connectivity index (χ0) is 14.0. The molecule has 5 nitrogen and oxygen atoms in total. The molecule has 1 saturated carbocycles. The number of ether oxygens (including phenoxy) is 1. The summed E-state index contributed by atoms with van der Waals surface area (Å²) in [5, 5.41) is 7.70. The van der Waals surface area contributed by atoms with Gasteiger partial charge in [0.15, 0.2) is 0 Å². The molecule has 0 bridgehead atoms. The molecule has 20 heavy (non-hydrogen) atoms. The first kappa shape index (κ1) is 14.0. The van der Waals surface area contributed by atoms with Gasteiger partial charge < -0.3 is 14.6 Å². The van der Waals surface area contributed by atoms with Crippen molar-refractivity contribution in [2.24, 2.45) is 0 Å². The van der Waals surface area contributed by atoms with E-state index in [1.165, 1.54) is 12.8 Å². The quantitative estimate of drug-likeness (QED) is 0.918. The molecule has 2 heterocycles. The molecule has 1 saturated heterocycles. The predicted molar refractivity (Wildman–Crippen MR) is 75.5 cm³/mol. The highest BCUT2D eigenvalue weighted by Gasteiger charge is 2.37. The Bertz CT molecular complexity index is 432. The summed E-state index contributed by atoms with van der Waals surface area (Å²) in [4.78, 5) is 4.64. The van der Waals surface area contributed by atoms with Crippen LogP contribution < -0.4 is 5.32 Å². The molecule has 112 valence electrons. The van der Waals surface area contributed by atoms with Crippen molar-refractivity contribution in [3.63, 3.8) is 0 Å². The van der Waals surface area contributed by atoms with Crippen LogP contribution in [0.1, 0.15) is 70.0 Å². The Morgan fingerprint density at radius 1 is 1.30 bits per heavy atom. The Labute approximate surface area is 120 Å². The minimum atomic E-state index is -0.331. The van der Waals surface area contributed by atoms with E-state index in [0.717, 1.165) is 50.6 Å². The number of aromatic nitrogens is 2. The van der Waals surface area contributed by atoms with Crippen LogP contribution in [0.5, 0.6) is 0 Å². The SMILES string of the molecule is CCNC1CCC(c2nc(C3(C)CCCO3)no2)CC1. The first-order chi connectivity index (χ1) is 9.71. The number of nitrogens with zero attached hydrogens (tertiary/aromatic N) is 2. The van der Waals surface area contributed by atoms with Crippen molar-refractivity contribution in [2.45, 2.75) is 69.9 Å². The zero-order valence-electron chi connectivity index (χ0n) is 12.5. The first-order valence-corrected chi connectivity index (χ1v) is 7.92. The molecule has 3 rings (SSSR count). The van der Waals surface area contributed by atoms with Crippen molar-refractivity contribution < 1.29 is 9.26 Å². The van der Waals surface area contributed by atoms with Gasteiger partial charge in [-0.3, -0.25) is 0 Å². The van der Waals surface area contributed by atoms with E-state index < -0.39 is 0 Å². The van der Waals surface area contributed by atoms with E-state index in [9.17, 15) is 0 Å². The Morgan fingerprint density at radius 2 is 2.10 bits per heavy atom. The lowest BCUT2D eigenvalue weighted by Gasteiger charge is -2.26. The highest BCUT2D eigenvalue weighted by molar-refractivity contribution is 5.04. The fourth-order valence-corrected chi connectivity index (χ4v) is 3.40. The molecule has 0 radical (unpaired) electrons. The third kappa shape index (κ3) is 2.74. The van der Waals surface area contributed by atoms with Crippen molar-refractivity contribution >= 4 is 0 Å². The predicted octanol–water partition coefficient (Wildman–Crippen LogP) is 2.73.